The number of benzene rings is 2. The van der Waals surface area contributed by atoms with Gasteiger partial charge in [-0.15, -0.1) is 0 Å². The third kappa shape index (κ3) is 6.35. The molecular weight excluding hydrogens is 392 g/mol. The summed E-state index contributed by atoms with van der Waals surface area (Å²) in [4.78, 5) is 25.2. The molecule has 164 valence electrons. The van der Waals surface area contributed by atoms with Crippen LogP contribution < -0.4 is 20.1 Å². The highest BCUT2D eigenvalue weighted by atomic mass is 16.5. The van der Waals surface area contributed by atoms with Crippen LogP contribution in [0.25, 0.3) is 6.08 Å². The first-order chi connectivity index (χ1) is 15.1. The van der Waals surface area contributed by atoms with E-state index in [1.807, 2.05) is 6.07 Å². The Bertz CT molecular complexity index is 933. The predicted octanol–water partition coefficient (Wildman–Crippen LogP) is 4.67. The Morgan fingerprint density at radius 1 is 1.00 bits per heavy atom. The Kier molecular flexibility index (Phi) is 8.10. The lowest BCUT2D eigenvalue weighted by molar-refractivity contribution is -0.111. The van der Waals surface area contributed by atoms with Gasteiger partial charge in [0.2, 0.25) is 5.91 Å². The largest absolute Gasteiger partial charge is 0.493 e. The zero-order chi connectivity index (χ0) is 22.1. The van der Waals surface area contributed by atoms with Crippen LogP contribution in [0.1, 0.15) is 48.0 Å². The standard InChI is InChI=1S/C25H30N2O4/c1-30-22-14-12-18(16-23(22)31-2)13-15-24(28)27-21-11-7-6-10-20(21)25(29)26-17-19-8-4-3-5-9-19/h6-7,10-16,19H,3-5,8-9,17H2,1-2H3,(H,26,29)(H,27,28)/b15-13+. The molecule has 0 unspecified atom stereocenters. The highest BCUT2D eigenvalue weighted by Gasteiger charge is 2.17. The monoisotopic (exact) mass is 422 g/mol. The molecule has 0 radical (unpaired) electrons. The van der Waals surface area contributed by atoms with Gasteiger partial charge >= 0.3 is 0 Å². The molecule has 0 saturated heterocycles. The summed E-state index contributed by atoms with van der Waals surface area (Å²) in [6.07, 6.45) is 9.20. The van der Waals surface area contributed by atoms with Gasteiger partial charge in [-0.25, -0.2) is 0 Å². The molecule has 2 amide bonds. The summed E-state index contributed by atoms with van der Waals surface area (Å²) in [5, 5.41) is 5.84. The van der Waals surface area contributed by atoms with Crippen molar-refractivity contribution in [3.05, 3.63) is 59.7 Å². The molecule has 1 saturated carbocycles. The third-order valence-corrected chi connectivity index (χ3v) is 5.54. The van der Waals surface area contributed by atoms with Crippen LogP contribution in [-0.4, -0.2) is 32.6 Å². The molecule has 0 aliphatic heterocycles. The van der Waals surface area contributed by atoms with Crippen LogP contribution in [0.15, 0.2) is 48.5 Å². The van der Waals surface area contributed by atoms with Gasteiger partial charge in [0.15, 0.2) is 11.5 Å². The van der Waals surface area contributed by atoms with Gasteiger partial charge in [-0.05, 0) is 54.7 Å². The van der Waals surface area contributed by atoms with Crippen molar-refractivity contribution in [3.63, 3.8) is 0 Å². The second-order valence-corrected chi connectivity index (χ2v) is 7.70. The smallest absolute Gasteiger partial charge is 0.253 e. The Morgan fingerprint density at radius 3 is 2.48 bits per heavy atom. The summed E-state index contributed by atoms with van der Waals surface area (Å²) >= 11 is 0. The van der Waals surface area contributed by atoms with Crippen LogP contribution in [0.2, 0.25) is 0 Å². The first-order valence-electron chi connectivity index (χ1n) is 10.7. The second kappa shape index (κ2) is 11.2. The molecule has 1 aliphatic carbocycles. The van der Waals surface area contributed by atoms with Gasteiger partial charge in [0.1, 0.15) is 0 Å². The molecule has 31 heavy (non-hydrogen) atoms. The minimum atomic E-state index is -0.317. The minimum absolute atomic E-state index is 0.162. The summed E-state index contributed by atoms with van der Waals surface area (Å²) in [5.41, 5.74) is 1.75. The Morgan fingerprint density at radius 2 is 1.74 bits per heavy atom. The lowest BCUT2D eigenvalue weighted by Gasteiger charge is -2.22. The number of carbonyl (C=O) groups is 2. The van der Waals surface area contributed by atoms with Gasteiger partial charge in [0, 0.05) is 12.6 Å². The average molecular weight is 423 g/mol. The lowest BCUT2D eigenvalue weighted by atomic mass is 9.89. The fraction of sp³-hybridized carbons (Fsp3) is 0.360. The summed E-state index contributed by atoms with van der Waals surface area (Å²) in [5.74, 6) is 1.28. The number of para-hydroxylation sites is 1. The van der Waals surface area contributed by atoms with Gasteiger partial charge in [0.05, 0.1) is 25.5 Å². The number of nitrogens with one attached hydrogen (secondary N) is 2. The number of carbonyl (C=O) groups excluding carboxylic acids is 2. The molecule has 1 fully saturated rings. The van der Waals surface area contributed by atoms with Crippen molar-refractivity contribution in [1.29, 1.82) is 0 Å². The molecule has 0 heterocycles. The summed E-state index contributed by atoms with van der Waals surface area (Å²) in [6, 6.07) is 12.5. The van der Waals surface area contributed by atoms with Crippen molar-refractivity contribution in [1.82, 2.24) is 5.32 Å². The number of hydrogen-bond donors (Lipinski definition) is 2. The summed E-state index contributed by atoms with van der Waals surface area (Å²) < 4.78 is 10.5. The van der Waals surface area contributed by atoms with Gasteiger partial charge in [0.25, 0.3) is 5.91 Å². The lowest BCUT2D eigenvalue weighted by Crippen LogP contribution is -2.31. The van der Waals surface area contributed by atoms with E-state index in [1.165, 1.54) is 38.2 Å². The topological polar surface area (TPSA) is 76.7 Å². The molecule has 2 N–H and O–H groups in total. The Labute approximate surface area is 183 Å². The van der Waals surface area contributed by atoms with Crippen LogP contribution >= 0.6 is 0 Å². The van der Waals surface area contributed by atoms with E-state index in [0.29, 0.717) is 35.2 Å². The number of anilines is 1. The van der Waals surface area contributed by atoms with E-state index < -0.39 is 0 Å². The van der Waals surface area contributed by atoms with Crippen molar-refractivity contribution in [3.8, 4) is 11.5 Å². The highest BCUT2D eigenvalue weighted by molar-refractivity contribution is 6.07. The van der Waals surface area contributed by atoms with Gasteiger partial charge < -0.3 is 20.1 Å². The van der Waals surface area contributed by atoms with Crippen LogP contribution in [0.4, 0.5) is 5.69 Å². The SMILES string of the molecule is COc1ccc(/C=C/C(=O)Nc2ccccc2C(=O)NCC2CCCCC2)cc1OC. The van der Waals surface area contributed by atoms with Crippen LogP contribution in [0.3, 0.4) is 0 Å². The minimum Gasteiger partial charge on any atom is -0.493 e. The molecular formula is C25H30N2O4. The van der Waals surface area contributed by atoms with Crippen LogP contribution in [0.5, 0.6) is 11.5 Å². The fourth-order valence-electron chi connectivity index (χ4n) is 3.82. The molecule has 0 spiro atoms. The highest BCUT2D eigenvalue weighted by Crippen LogP contribution is 2.28. The van der Waals surface area contributed by atoms with Crippen molar-refractivity contribution in [2.45, 2.75) is 32.1 Å². The zero-order valence-electron chi connectivity index (χ0n) is 18.1. The Balaban J connectivity index is 1.62. The number of methoxy groups -OCH3 is 2. The number of rotatable bonds is 8. The maximum atomic E-state index is 12.7. The average Bonchev–Trinajstić information content (AvgIpc) is 2.82. The maximum absolute atomic E-state index is 12.7. The van der Waals surface area contributed by atoms with Crippen molar-refractivity contribution >= 4 is 23.6 Å². The predicted molar refractivity (Wildman–Crippen MR) is 123 cm³/mol. The molecule has 2 aromatic carbocycles. The fourth-order valence-corrected chi connectivity index (χ4v) is 3.82. The van der Waals surface area contributed by atoms with Gasteiger partial charge in [-0.1, -0.05) is 37.5 Å². The molecule has 0 atom stereocenters. The van der Waals surface area contributed by atoms with Crippen molar-refractivity contribution in [2.75, 3.05) is 26.1 Å². The molecule has 0 aromatic heterocycles. The number of amides is 2. The van der Waals surface area contributed by atoms with E-state index in [2.05, 4.69) is 10.6 Å². The molecule has 6 nitrogen and oxygen atoms in total. The molecule has 6 heteroatoms. The summed E-state index contributed by atoms with van der Waals surface area (Å²) in [6.45, 7) is 0.681. The van der Waals surface area contributed by atoms with E-state index in [9.17, 15) is 9.59 Å². The van der Waals surface area contributed by atoms with Crippen LogP contribution in [0, 0.1) is 5.92 Å². The maximum Gasteiger partial charge on any atom is 0.253 e. The third-order valence-electron chi connectivity index (χ3n) is 5.54. The first kappa shape index (κ1) is 22.4. The van der Waals surface area contributed by atoms with E-state index in [1.54, 1.807) is 56.7 Å². The second-order valence-electron chi connectivity index (χ2n) is 7.70. The molecule has 1 aliphatic rings. The molecule has 0 bridgehead atoms. The van der Waals surface area contributed by atoms with E-state index in [4.69, 9.17) is 9.47 Å². The molecule has 3 rings (SSSR count). The van der Waals surface area contributed by atoms with Crippen LogP contribution in [-0.2, 0) is 4.79 Å². The van der Waals surface area contributed by atoms with E-state index in [0.717, 1.165) is 5.56 Å². The van der Waals surface area contributed by atoms with Crippen molar-refractivity contribution < 1.29 is 19.1 Å². The zero-order valence-corrected chi connectivity index (χ0v) is 18.1. The quantitative estimate of drug-likeness (QED) is 0.607. The van der Waals surface area contributed by atoms with Gasteiger partial charge in [-0.3, -0.25) is 9.59 Å². The Hall–Kier alpha value is -3.28. The van der Waals surface area contributed by atoms with E-state index in [-0.39, 0.29) is 11.8 Å². The number of hydrogen-bond acceptors (Lipinski definition) is 4. The van der Waals surface area contributed by atoms with E-state index >= 15 is 0 Å². The number of ether oxygens (including phenoxy) is 2. The first-order valence-corrected chi connectivity index (χ1v) is 10.7. The van der Waals surface area contributed by atoms with Gasteiger partial charge in [-0.2, -0.15) is 0 Å². The summed E-state index contributed by atoms with van der Waals surface area (Å²) in [7, 11) is 3.14. The molecule has 2 aromatic rings. The normalized spacial score (nSPS) is 14.3. The van der Waals surface area contributed by atoms with Crippen molar-refractivity contribution in [2.24, 2.45) is 5.92 Å².